The molecule has 1 unspecified atom stereocenters. The second kappa shape index (κ2) is 4.82. The zero-order chi connectivity index (χ0) is 9.68. The van der Waals surface area contributed by atoms with Gasteiger partial charge in [-0.2, -0.15) is 0 Å². The van der Waals surface area contributed by atoms with Crippen LogP contribution in [0, 0.1) is 0 Å². The van der Waals surface area contributed by atoms with Gasteiger partial charge in [-0.1, -0.05) is 6.07 Å². The minimum absolute atomic E-state index is 0.270. The van der Waals surface area contributed by atoms with Gasteiger partial charge in [0.25, 0.3) is 0 Å². The minimum Gasteiger partial charge on any atom is -0.481 e. The lowest BCUT2D eigenvalue weighted by Crippen LogP contribution is -2.02. The number of aliphatic hydroxyl groups excluding tert-OH is 1. The van der Waals surface area contributed by atoms with Crippen LogP contribution in [-0.2, 0) is 6.42 Å². The summed E-state index contributed by atoms with van der Waals surface area (Å²) in [6.45, 7) is 1.78. The van der Waals surface area contributed by atoms with Crippen LogP contribution in [-0.4, -0.2) is 23.3 Å². The molecule has 3 nitrogen and oxygen atoms in total. The summed E-state index contributed by atoms with van der Waals surface area (Å²) in [5, 5.41) is 9.08. The molecule has 1 aromatic heterocycles. The number of rotatable bonds is 4. The van der Waals surface area contributed by atoms with Gasteiger partial charge < -0.3 is 9.84 Å². The summed E-state index contributed by atoms with van der Waals surface area (Å²) in [5.41, 5.74) is 0.959. The molecule has 0 aliphatic heterocycles. The van der Waals surface area contributed by atoms with Gasteiger partial charge in [0.1, 0.15) is 0 Å². The Morgan fingerprint density at radius 3 is 2.92 bits per heavy atom. The normalized spacial score (nSPS) is 12.5. The van der Waals surface area contributed by atoms with Crippen LogP contribution in [0.3, 0.4) is 0 Å². The fraction of sp³-hybridized carbons (Fsp3) is 0.500. The van der Waals surface area contributed by atoms with Crippen LogP contribution in [0.1, 0.15) is 19.0 Å². The molecule has 13 heavy (non-hydrogen) atoms. The third-order valence-corrected chi connectivity index (χ3v) is 1.81. The third-order valence-electron chi connectivity index (χ3n) is 1.81. The van der Waals surface area contributed by atoms with Crippen molar-refractivity contribution in [2.45, 2.75) is 25.9 Å². The van der Waals surface area contributed by atoms with E-state index in [4.69, 9.17) is 9.84 Å². The molecule has 1 rings (SSSR count). The Balaban J connectivity index is 2.56. The highest BCUT2D eigenvalue weighted by Crippen LogP contribution is 2.08. The van der Waals surface area contributed by atoms with Crippen LogP contribution in [0.5, 0.6) is 5.88 Å². The second-order valence-electron chi connectivity index (χ2n) is 3.06. The molecule has 0 amide bonds. The van der Waals surface area contributed by atoms with Gasteiger partial charge in [-0.15, -0.1) is 0 Å². The zero-order valence-electron chi connectivity index (χ0n) is 8.03. The summed E-state index contributed by atoms with van der Waals surface area (Å²) in [6, 6.07) is 5.65. The van der Waals surface area contributed by atoms with Crippen molar-refractivity contribution in [2.75, 3.05) is 7.11 Å². The van der Waals surface area contributed by atoms with Gasteiger partial charge in [0.2, 0.25) is 5.88 Å². The molecule has 0 fully saturated rings. The Bertz CT molecular complexity index is 261. The molecule has 0 saturated heterocycles. The van der Waals surface area contributed by atoms with Crippen molar-refractivity contribution in [3.8, 4) is 5.88 Å². The van der Waals surface area contributed by atoms with Gasteiger partial charge in [-0.05, 0) is 25.8 Å². The van der Waals surface area contributed by atoms with Crippen molar-refractivity contribution in [2.24, 2.45) is 0 Å². The molecule has 0 saturated carbocycles. The fourth-order valence-electron chi connectivity index (χ4n) is 1.07. The third kappa shape index (κ3) is 3.42. The number of hydrogen-bond acceptors (Lipinski definition) is 3. The second-order valence-corrected chi connectivity index (χ2v) is 3.06. The molecule has 0 spiro atoms. The Hall–Kier alpha value is -1.09. The molecule has 0 aromatic carbocycles. The molecule has 0 aliphatic carbocycles. The number of aliphatic hydroxyl groups is 1. The molecular weight excluding hydrogens is 166 g/mol. The van der Waals surface area contributed by atoms with Gasteiger partial charge in [0.05, 0.1) is 13.2 Å². The molecule has 1 heterocycles. The summed E-state index contributed by atoms with van der Waals surface area (Å²) in [5.74, 6) is 0.628. The standard InChI is InChI=1S/C10H15NO2/c1-8(12)6-7-9-4-3-5-10(11-9)13-2/h3-5,8,12H,6-7H2,1-2H3. The molecule has 0 radical (unpaired) electrons. The lowest BCUT2D eigenvalue weighted by molar-refractivity contribution is 0.184. The van der Waals surface area contributed by atoms with E-state index in [0.717, 1.165) is 18.5 Å². The summed E-state index contributed by atoms with van der Waals surface area (Å²) < 4.78 is 4.99. The molecule has 72 valence electrons. The van der Waals surface area contributed by atoms with Gasteiger partial charge in [-0.25, -0.2) is 4.98 Å². The number of nitrogens with zero attached hydrogens (tertiary/aromatic N) is 1. The van der Waals surface area contributed by atoms with E-state index in [2.05, 4.69) is 4.98 Å². The van der Waals surface area contributed by atoms with E-state index >= 15 is 0 Å². The summed E-state index contributed by atoms with van der Waals surface area (Å²) in [7, 11) is 1.60. The van der Waals surface area contributed by atoms with Crippen LogP contribution in [0.2, 0.25) is 0 Å². The smallest absolute Gasteiger partial charge is 0.213 e. The highest BCUT2D eigenvalue weighted by atomic mass is 16.5. The average molecular weight is 181 g/mol. The fourth-order valence-corrected chi connectivity index (χ4v) is 1.07. The van der Waals surface area contributed by atoms with Crippen molar-refractivity contribution in [1.29, 1.82) is 0 Å². The maximum Gasteiger partial charge on any atom is 0.213 e. The van der Waals surface area contributed by atoms with E-state index in [1.165, 1.54) is 0 Å². The number of aryl methyl sites for hydroxylation is 1. The quantitative estimate of drug-likeness (QED) is 0.763. The van der Waals surface area contributed by atoms with Crippen molar-refractivity contribution >= 4 is 0 Å². The predicted molar refractivity (Wildman–Crippen MR) is 50.8 cm³/mol. The number of aromatic nitrogens is 1. The van der Waals surface area contributed by atoms with Gasteiger partial charge >= 0.3 is 0 Å². The first-order valence-corrected chi connectivity index (χ1v) is 4.40. The Kier molecular flexibility index (Phi) is 3.71. The van der Waals surface area contributed by atoms with Gasteiger partial charge in [-0.3, -0.25) is 0 Å². The minimum atomic E-state index is -0.270. The molecule has 0 aliphatic rings. The van der Waals surface area contributed by atoms with Crippen LogP contribution in [0.25, 0.3) is 0 Å². The first kappa shape index (κ1) is 9.99. The highest BCUT2D eigenvalue weighted by Gasteiger charge is 2.00. The molecular formula is C10H15NO2. The van der Waals surface area contributed by atoms with E-state index in [9.17, 15) is 0 Å². The molecule has 1 aromatic rings. The summed E-state index contributed by atoms with van der Waals surface area (Å²) >= 11 is 0. The average Bonchev–Trinajstić information content (AvgIpc) is 2.15. The number of ether oxygens (including phenoxy) is 1. The maximum absolute atomic E-state index is 9.08. The molecule has 1 atom stereocenters. The lowest BCUT2D eigenvalue weighted by atomic mass is 10.1. The lowest BCUT2D eigenvalue weighted by Gasteiger charge is -2.04. The summed E-state index contributed by atoms with van der Waals surface area (Å²) in [4.78, 5) is 4.23. The van der Waals surface area contributed by atoms with Crippen molar-refractivity contribution in [3.63, 3.8) is 0 Å². The Morgan fingerprint density at radius 1 is 1.54 bits per heavy atom. The monoisotopic (exact) mass is 181 g/mol. The van der Waals surface area contributed by atoms with Crippen molar-refractivity contribution < 1.29 is 9.84 Å². The van der Waals surface area contributed by atoms with E-state index in [0.29, 0.717) is 5.88 Å². The van der Waals surface area contributed by atoms with E-state index in [1.54, 1.807) is 14.0 Å². The van der Waals surface area contributed by atoms with Crippen LogP contribution >= 0.6 is 0 Å². The largest absolute Gasteiger partial charge is 0.481 e. The highest BCUT2D eigenvalue weighted by molar-refractivity contribution is 5.15. The number of hydrogen-bond donors (Lipinski definition) is 1. The van der Waals surface area contributed by atoms with E-state index < -0.39 is 0 Å². The first-order chi connectivity index (χ1) is 6.22. The first-order valence-electron chi connectivity index (χ1n) is 4.40. The zero-order valence-corrected chi connectivity index (χ0v) is 8.03. The van der Waals surface area contributed by atoms with E-state index in [1.807, 2.05) is 18.2 Å². The summed E-state index contributed by atoms with van der Waals surface area (Å²) in [6.07, 6.45) is 1.25. The molecule has 3 heteroatoms. The van der Waals surface area contributed by atoms with Crippen molar-refractivity contribution in [3.05, 3.63) is 23.9 Å². The van der Waals surface area contributed by atoms with Crippen molar-refractivity contribution in [1.82, 2.24) is 4.98 Å². The molecule has 1 N–H and O–H groups in total. The van der Waals surface area contributed by atoms with Gasteiger partial charge in [0, 0.05) is 11.8 Å². The number of methoxy groups -OCH3 is 1. The number of pyridine rings is 1. The Morgan fingerprint density at radius 2 is 2.31 bits per heavy atom. The topological polar surface area (TPSA) is 42.4 Å². The maximum atomic E-state index is 9.08. The molecule has 0 bridgehead atoms. The van der Waals surface area contributed by atoms with Crippen LogP contribution in [0.15, 0.2) is 18.2 Å². The van der Waals surface area contributed by atoms with E-state index in [-0.39, 0.29) is 6.10 Å². The van der Waals surface area contributed by atoms with Crippen LogP contribution in [0.4, 0.5) is 0 Å². The van der Waals surface area contributed by atoms with Gasteiger partial charge in [0.15, 0.2) is 0 Å². The Labute approximate surface area is 78.4 Å². The van der Waals surface area contributed by atoms with Crippen LogP contribution < -0.4 is 4.74 Å². The predicted octanol–water partition coefficient (Wildman–Crippen LogP) is 1.40. The SMILES string of the molecule is COc1cccc(CCC(C)O)n1.